The van der Waals surface area contributed by atoms with Crippen LogP contribution in [0.1, 0.15) is 82.3 Å². The summed E-state index contributed by atoms with van der Waals surface area (Å²) in [4.78, 5) is 9.76. The minimum Gasteiger partial charge on any atom is -0.314 e. The molecule has 1 unspecified atom stereocenters. The summed E-state index contributed by atoms with van der Waals surface area (Å²) in [5, 5.41) is 0. The first-order chi connectivity index (χ1) is 41.4. The predicted octanol–water partition coefficient (Wildman–Crippen LogP) is 21.9. The molecule has 0 heterocycles. The monoisotopic (exact) mass is 1100 g/mol. The van der Waals surface area contributed by atoms with E-state index >= 15 is 0 Å². The molecule has 1 atom stereocenters. The summed E-state index contributed by atoms with van der Waals surface area (Å²) >= 11 is 0. The van der Waals surface area contributed by atoms with Gasteiger partial charge in [-0.05, 0) is 264 Å². The topological polar surface area (TPSA) is 13.0 Å². The van der Waals surface area contributed by atoms with E-state index in [-0.39, 0.29) is 0 Å². The van der Waals surface area contributed by atoms with Gasteiger partial charge in [0, 0.05) is 62.6 Å². The van der Waals surface area contributed by atoms with E-state index in [2.05, 4.69) is 329 Å². The third-order valence-corrected chi connectivity index (χ3v) is 17.7. The van der Waals surface area contributed by atoms with E-state index in [1.807, 2.05) is 0 Å². The van der Waals surface area contributed by atoms with Gasteiger partial charge in [-0.15, -0.1) is 0 Å². The van der Waals surface area contributed by atoms with Crippen LogP contribution in [0.3, 0.4) is 0 Å². The summed E-state index contributed by atoms with van der Waals surface area (Å²) in [6, 6.07) is 83.0. The molecule has 4 heteroatoms. The number of fused-ring (bicyclic) bond motifs is 10. The van der Waals surface area contributed by atoms with E-state index in [4.69, 9.17) is 0 Å². The van der Waals surface area contributed by atoms with Gasteiger partial charge < -0.3 is 19.6 Å². The normalized spacial score (nSPS) is 15.1. The largest absolute Gasteiger partial charge is 0.314 e. The summed E-state index contributed by atoms with van der Waals surface area (Å²) in [6.07, 6.45) is 10.9. The lowest BCUT2D eigenvalue weighted by Crippen LogP contribution is -2.28. The molecule has 1 spiro atoms. The summed E-state index contributed by atoms with van der Waals surface area (Å²) in [6.45, 7) is 17.3. The summed E-state index contributed by atoms with van der Waals surface area (Å²) in [7, 11) is 0. The van der Waals surface area contributed by atoms with Crippen LogP contribution in [0.5, 0.6) is 0 Å². The molecule has 0 saturated carbocycles. The molecule has 0 bridgehead atoms. The zero-order valence-electron chi connectivity index (χ0n) is 49.8. The van der Waals surface area contributed by atoms with Gasteiger partial charge in [-0.2, -0.15) is 0 Å². The standard InChI is InChI=1S/C81H68N4/c1-53-9-25-61(26-10-53)82(62-27-11-54(2)12-28-62)69-41-45-73-74-46-42-70(83(63-29-13-55(3)14-30-63)64-31-15-56(4)16-32-64)50-78(74)81(77(73)49-69)79-51-71(84(65-33-17-57(5)18-34-65)66-35-19-58(6)20-36-66)43-47-75(79)76-48-44-72(52-80(76)81)85(67-37-21-59(7)22-38-67)68-39-23-60(8)24-40-68/h9-15,17-23,25-31,33-39,41-52H,16,32H2,1-8H3. The Bertz CT molecular complexity index is 4280. The van der Waals surface area contributed by atoms with E-state index in [9.17, 15) is 0 Å². The van der Waals surface area contributed by atoms with Crippen molar-refractivity contribution in [3.63, 3.8) is 0 Å². The van der Waals surface area contributed by atoms with Crippen LogP contribution in [0.4, 0.5) is 56.9 Å². The van der Waals surface area contributed by atoms with Crippen molar-refractivity contribution in [2.75, 3.05) is 19.6 Å². The molecule has 412 valence electrons. The van der Waals surface area contributed by atoms with E-state index in [0.29, 0.717) is 0 Å². The molecule has 4 aliphatic carbocycles. The van der Waals surface area contributed by atoms with Crippen molar-refractivity contribution in [2.45, 2.75) is 73.6 Å². The molecule has 0 amide bonds. The van der Waals surface area contributed by atoms with E-state index < -0.39 is 5.41 Å². The third-order valence-electron chi connectivity index (χ3n) is 17.7. The summed E-state index contributed by atoms with van der Waals surface area (Å²) in [5.41, 5.74) is 38.9. The Morgan fingerprint density at radius 3 is 0.882 bits per heavy atom. The minimum atomic E-state index is -0.843. The molecule has 0 aromatic heterocycles. The van der Waals surface area contributed by atoms with Crippen molar-refractivity contribution >= 4 is 56.9 Å². The van der Waals surface area contributed by atoms with Gasteiger partial charge in [0.25, 0.3) is 0 Å². The van der Waals surface area contributed by atoms with Gasteiger partial charge in [-0.3, -0.25) is 0 Å². The van der Waals surface area contributed by atoms with Gasteiger partial charge in [0.15, 0.2) is 0 Å². The van der Waals surface area contributed by atoms with Crippen LogP contribution in [0.2, 0.25) is 0 Å². The maximum Gasteiger partial charge on any atom is 0.0973 e. The highest BCUT2D eigenvalue weighted by molar-refractivity contribution is 5.99. The molecule has 0 fully saturated rings. The van der Waals surface area contributed by atoms with E-state index in [0.717, 1.165) is 81.0 Å². The highest BCUT2D eigenvalue weighted by Gasteiger charge is 2.53. The Kier molecular flexibility index (Phi) is 13.3. The van der Waals surface area contributed by atoms with Gasteiger partial charge in [0.2, 0.25) is 0 Å². The first-order valence-corrected chi connectivity index (χ1v) is 29.8. The lowest BCUT2D eigenvalue weighted by atomic mass is 9.70. The number of rotatable bonds is 12. The van der Waals surface area contributed by atoms with Crippen molar-refractivity contribution < 1.29 is 0 Å². The minimum absolute atomic E-state index is 0.843. The van der Waals surface area contributed by atoms with Crippen LogP contribution >= 0.6 is 0 Å². The SMILES string of the molecule is CC1=C=C=C(N(c2ccc(C)cc2)c2ccc3c(c2)C2(c4cc(N(C5=CC=C(C)CC5)c5ccc(C)cc5)ccc4-c4ccc(N(c5ccc(C)cc5)c5ccc(C)cc5)cc42)c2cc(N(c4ccc(C)cc4)c4ccc(C)cc4)ccc2-3)C=C1. The fourth-order valence-electron chi connectivity index (χ4n) is 13.2. The number of allylic oxidation sites excluding steroid dienone is 7. The molecule has 0 saturated heterocycles. The zero-order valence-corrected chi connectivity index (χ0v) is 49.8. The Morgan fingerprint density at radius 2 is 0.576 bits per heavy atom. The molecule has 85 heavy (non-hydrogen) atoms. The van der Waals surface area contributed by atoms with Crippen molar-refractivity contribution in [2.24, 2.45) is 0 Å². The van der Waals surface area contributed by atoms with Gasteiger partial charge >= 0.3 is 0 Å². The van der Waals surface area contributed by atoms with Gasteiger partial charge in [0.1, 0.15) is 0 Å². The smallest absolute Gasteiger partial charge is 0.0973 e. The number of hydrogen-bond acceptors (Lipinski definition) is 4. The Morgan fingerprint density at radius 1 is 0.282 bits per heavy atom. The maximum atomic E-state index is 3.59. The number of benzene rings is 10. The van der Waals surface area contributed by atoms with Gasteiger partial charge in [0.05, 0.1) is 11.1 Å². The average molecular weight is 1100 g/mol. The van der Waals surface area contributed by atoms with Crippen LogP contribution in [-0.4, -0.2) is 0 Å². The molecule has 4 nitrogen and oxygen atoms in total. The predicted molar refractivity (Wildman–Crippen MR) is 358 cm³/mol. The lowest BCUT2D eigenvalue weighted by Gasteiger charge is -2.35. The molecule has 0 N–H and O–H groups in total. The quantitative estimate of drug-likeness (QED) is 0.113. The van der Waals surface area contributed by atoms with E-state index in [1.54, 1.807) is 0 Å². The van der Waals surface area contributed by atoms with Crippen LogP contribution in [0, 0.1) is 41.5 Å². The lowest BCUT2D eigenvalue weighted by molar-refractivity contribution is 0.792. The van der Waals surface area contributed by atoms with Crippen LogP contribution in [0.15, 0.2) is 277 Å². The van der Waals surface area contributed by atoms with Crippen LogP contribution in [-0.2, 0) is 5.41 Å². The van der Waals surface area contributed by atoms with Crippen LogP contribution < -0.4 is 19.6 Å². The van der Waals surface area contributed by atoms with Crippen molar-refractivity contribution in [3.8, 4) is 22.3 Å². The second-order valence-electron chi connectivity index (χ2n) is 23.8. The summed E-state index contributed by atoms with van der Waals surface area (Å²) < 4.78 is 0. The van der Waals surface area contributed by atoms with Crippen molar-refractivity contribution in [1.29, 1.82) is 0 Å². The molecular formula is C81H68N4. The number of nitrogens with zero attached hydrogens (tertiary/aromatic N) is 4. The third kappa shape index (κ3) is 9.38. The van der Waals surface area contributed by atoms with Crippen molar-refractivity contribution in [1.82, 2.24) is 0 Å². The summed E-state index contributed by atoms with van der Waals surface area (Å²) in [5.74, 6) is 0. The Balaban J connectivity index is 1.10. The number of anilines is 10. The van der Waals surface area contributed by atoms with E-state index in [1.165, 1.54) is 89.2 Å². The zero-order chi connectivity index (χ0) is 58.1. The Hall–Kier alpha value is -10.1. The van der Waals surface area contributed by atoms with Gasteiger partial charge in [-0.25, -0.2) is 0 Å². The fourth-order valence-corrected chi connectivity index (χ4v) is 13.2. The second-order valence-corrected chi connectivity index (χ2v) is 23.8. The molecule has 10 aromatic rings. The molecule has 0 aliphatic heterocycles. The van der Waals surface area contributed by atoms with Crippen LogP contribution in [0.25, 0.3) is 22.3 Å². The molecule has 10 aromatic carbocycles. The van der Waals surface area contributed by atoms with Gasteiger partial charge in [-0.1, -0.05) is 148 Å². The first kappa shape index (κ1) is 53.0. The highest BCUT2D eigenvalue weighted by Crippen LogP contribution is 2.65. The number of hydrogen-bond donors (Lipinski definition) is 0. The fraction of sp³-hybridized carbons (Fsp3) is 0.136. The molecule has 14 rings (SSSR count). The Labute approximate surface area is 501 Å². The first-order valence-electron chi connectivity index (χ1n) is 29.8. The molecule has 4 aliphatic rings. The molecular weight excluding hydrogens is 1030 g/mol. The van der Waals surface area contributed by atoms with Crippen molar-refractivity contribution in [3.05, 3.63) is 332 Å². The second kappa shape index (κ2) is 21.3. The molecule has 0 radical (unpaired) electrons. The highest BCUT2D eigenvalue weighted by atomic mass is 15.2. The number of aryl methyl sites for hydroxylation is 6. The average Bonchev–Trinajstić information content (AvgIpc) is 1.70. The maximum absolute atomic E-state index is 3.59.